The predicted octanol–water partition coefficient (Wildman–Crippen LogP) is 3.14. The monoisotopic (exact) mass is 314 g/mol. The fourth-order valence-electron chi connectivity index (χ4n) is 2.09. The lowest BCUT2D eigenvalue weighted by Gasteiger charge is -2.13. The van der Waals surface area contributed by atoms with Crippen LogP contribution in [0.15, 0.2) is 42.5 Å². The molecule has 0 bridgehead atoms. The van der Waals surface area contributed by atoms with Crippen LogP contribution in [0.1, 0.15) is 33.2 Å². The Labute approximate surface area is 134 Å². The molecule has 2 rings (SSSR count). The predicted molar refractivity (Wildman–Crippen MR) is 85.0 cm³/mol. The Morgan fingerprint density at radius 1 is 1.09 bits per heavy atom. The van der Waals surface area contributed by atoms with Crippen molar-refractivity contribution in [3.8, 4) is 11.5 Å². The van der Waals surface area contributed by atoms with Gasteiger partial charge in [0.2, 0.25) is 5.78 Å². The van der Waals surface area contributed by atoms with Gasteiger partial charge in [-0.15, -0.1) is 0 Å². The van der Waals surface area contributed by atoms with Gasteiger partial charge in [0, 0.05) is 5.56 Å². The van der Waals surface area contributed by atoms with Crippen LogP contribution in [-0.2, 0) is 4.74 Å². The highest BCUT2D eigenvalue weighted by Gasteiger charge is 2.22. The molecule has 0 aliphatic heterocycles. The SMILES string of the molecule is COc1ccc(C(=O)C(C)OC(=O)c2cccc(C)c2O)cc1. The van der Waals surface area contributed by atoms with Crippen LogP contribution < -0.4 is 4.74 Å². The third-order valence-electron chi connectivity index (χ3n) is 3.49. The number of esters is 1. The van der Waals surface area contributed by atoms with E-state index in [9.17, 15) is 14.7 Å². The van der Waals surface area contributed by atoms with Gasteiger partial charge in [0.05, 0.1) is 7.11 Å². The summed E-state index contributed by atoms with van der Waals surface area (Å²) in [5, 5.41) is 9.89. The number of hydrogen-bond acceptors (Lipinski definition) is 5. The largest absolute Gasteiger partial charge is 0.507 e. The molecule has 23 heavy (non-hydrogen) atoms. The molecular weight excluding hydrogens is 296 g/mol. The molecule has 2 aromatic carbocycles. The topological polar surface area (TPSA) is 72.8 Å². The van der Waals surface area contributed by atoms with Gasteiger partial charge in [-0.2, -0.15) is 0 Å². The van der Waals surface area contributed by atoms with Crippen molar-refractivity contribution in [2.75, 3.05) is 7.11 Å². The molecule has 0 aromatic heterocycles. The fourth-order valence-corrected chi connectivity index (χ4v) is 2.09. The Bertz CT molecular complexity index is 719. The highest BCUT2D eigenvalue weighted by Crippen LogP contribution is 2.23. The van der Waals surface area contributed by atoms with E-state index in [1.165, 1.54) is 20.1 Å². The lowest BCUT2D eigenvalue weighted by Crippen LogP contribution is -2.24. The molecule has 0 spiro atoms. The Kier molecular flexibility index (Phi) is 5.01. The van der Waals surface area contributed by atoms with Crippen LogP contribution in [0.4, 0.5) is 0 Å². The number of ether oxygens (including phenoxy) is 2. The number of ketones is 1. The molecule has 0 amide bonds. The number of carbonyl (C=O) groups is 2. The van der Waals surface area contributed by atoms with Crippen molar-refractivity contribution < 1.29 is 24.2 Å². The molecule has 0 aliphatic rings. The van der Waals surface area contributed by atoms with E-state index in [4.69, 9.17) is 9.47 Å². The maximum Gasteiger partial charge on any atom is 0.342 e. The maximum atomic E-state index is 12.3. The first-order valence-electron chi connectivity index (χ1n) is 7.12. The average molecular weight is 314 g/mol. The minimum absolute atomic E-state index is 0.0411. The van der Waals surface area contributed by atoms with Gasteiger partial charge in [-0.25, -0.2) is 4.79 Å². The number of phenols is 1. The Hall–Kier alpha value is -2.82. The number of Topliss-reactive ketones (excluding diaryl/α,β-unsaturated/α-hetero) is 1. The molecule has 0 saturated heterocycles. The lowest BCUT2D eigenvalue weighted by atomic mass is 10.1. The van der Waals surface area contributed by atoms with Gasteiger partial charge < -0.3 is 14.6 Å². The van der Waals surface area contributed by atoms with Gasteiger partial charge in [-0.3, -0.25) is 4.79 Å². The minimum atomic E-state index is -0.962. The zero-order valence-corrected chi connectivity index (χ0v) is 13.2. The van der Waals surface area contributed by atoms with E-state index in [-0.39, 0.29) is 17.1 Å². The smallest absolute Gasteiger partial charge is 0.342 e. The quantitative estimate of drug-likeness (QED) is 0.678. The third kappa shape index (κ3) is 3.69. The summed E-state index contributed by atoms with van der Waals surface area (Å²) >= 11 is 0. The molecule has 1 atom stereocenters. The van der Waals surface area contributed by atoms with Crippen LogP contribution in [0.25, 0.3) is 0 Å². The molecule has 0 fully saturated rings. The molecule has 0 saturated carbocycles. The Morgan fingerprint density at radius 3 is 2.35 bits per heavy atom. The molecule has 0 heterocycles. The minimum Gasteiger partial charge on any atom is -0.507 e. The van der Waals surface area contributed by atoms with Crippen LogP contribution in [0.2, 0.25) is 0 Å². The van der Waals surface area contributed by atoms with Gasteiger partial charge in [-0.05, 0) is 49.7 Å². The normalized spacial score (nSPS) is 11.6. The number of para-hydroxylation sites is 1. The third-order valence-corrected chi connectivity index (χ3v) is 3.49. The van der Waals surface area contributed by atoms with Crippen LogP contribution in [0.5, 0.6) is 11.5 Å². The first-order valence-corrected chi connectivity index (χ1v) is 7.12. The number of aryl methyl sites for hydroxylation is 1. The molecule has 5 heteroatoms. The summed E-state index contributed by atoms with van der Waals surface area (Å²) in [5.41, 5.74) is 1.02. The lowest BCUT2D eigenvalue weighted by molar-refractivity contribution is 0.0316. The number of benzene rings is 2. The van der Waals surface area contributed by atoms with Crippen molar-refractivity contribution >= 4 is 11.8 Å². The fraction of sp³-hybridized carbons (Fsp3) is 0.222. The van der Waals surface area contributed by atoms with Gasteiger partial charge in [-0.1, -0.05) is 12.1 Å². The zero-order chi connectivity index (χ0) is 17.0. The van der Waals surface area contributed by atoms with Crippen molar-refractivity contribution in [1.82, 2.24) is 0 Å². The maximum absolute atomic E-state index is 12.3. The highest BCUT2D eigenvalue weighted by atomic mass is 16.5. The second-order valence-corrected chi connectivity index (χ2v) is 5.11. The van der Waals surface area contributed by atoms with Crippen molar-refractivity contribution in [3.05, 3.63) is 59.2 Å². The van der Waals surface area contributed by atoms with Gasteiger partial charge in [0.1, 0.15) is 17.1 Å². The van der Waals surface area contributed by atoms with E-state index >= 15 is 0 Å². The van der Waals surface area contributed by atoms with Crippen molar-refractivity contribution in [2.24, 2.45) is 0 Å². The second kappa shape index (κ2) is 6.96. The highest BCUT2D eigenvalue weighted by molar-refractivity contribution is 6.02. The van der Waals surface area contributed by atoms with E-state index in [1.807, 2.05) is 0 Å². The number of phenolic OH excluding ortho intramolecular Hbond substituents is 1. The molecule has 5 nitrogen and oxygen atoms in total. The van der Waals surface area contributed by atoms with Crippen LogP contribution in [-0.4, -0.2) is 30.1 Å². The summed E-state index contributed by atoms with van der Waals surface area (Å²) in [6.07, 6.45) is -0.962. The summed E-state index contributed by atoms with van der Waals surface area (Å²) in [6, 6.07) is 11.3. The second-order valence-electron chi connectivity index (χ2n) is 5.11. The molecule has 1 unspecified atom stereocenters. The number of methoxy groups -OCH3 is 1. The molecular formula is C18H18O5. The van der Waals surface area contributed by atoms with Gasteiger partial charge in [0.25, 0.3) is 0 Å². The number of rotatable bonds is 5. The van der Waals surface area contributed by atoms with Gasteiger partial charge >= 0.3 is 5.97 Å². The molecule has 1 N–H and O–H groups in total. The van der Waals surface area contributed by atoms with Crippen LogP contribution >= 0.6 is 0 Å². The summed E-state index contributed by atoms with van der Waals surface area (Å²) in [7, 11) is 1.54. The van der Waals surface area contributed by atoms with Crippen molar-refractivity contribution in [1.29, 1.82) is 0 Å². The van der Waals surface area contributed by atoms with E-state index in [0.29, 0.717) is 16.9 Å². The van der Waals surface area contributed by atoms with Crippen LogP contribution in [0, 0.1) is 6.92 Å². The molecule has 0 aliphatic carbocycles. The number of carbonyl (C=O) groups excluding carboxylic acids is 2. The summed E-state index contributed by atoms with van der Waals surface area (Å²) < 4.78 is 10.2. The Balaban J connectivity index is 2.11. The van der Waals surface area contributed by atoms with Gasteiger partial charge in [0.15, 0.2) is 6.10 Å². The van der Waals surface area contributed by atoms with Crippen molar-refractivity contribution in [3.63, 3.8) is 0 Å². The summed E-state index contributed by atoms with van der Waals surface area (Å²) in [6.45, 7) is 3.18. The first-order chi connectivity index (χ1) is 10.9. The Morgan fingerprint density at radius 2 is 1.74 bits per heavy atom. The van der Waals surface area contributed by atoms with Crippen molar-refractivity contribution in [2.45, 2.75) is 20.0 Å². The number of hydrogen-bond donors (Lipinski definition) is 1. The summed E-state index contributed by atoms with van der Waals surface area (Å²) in [5.74, 6) is -0.564. The van der Waals surface area contributed by atoms with E-state index in [0.717, 1.165) is 0 Å². The van der Waals surface area contributed by atoms with E-state index < -0.39 is 12.1 Å². The van der Waals surface area contributed by atoms with Crippen LogP contribution in [0.3, 0.4) is 0 Å². The first kappa shape index (κ1) is 16.5. The molecule has 0 radical (unpaired) electrons. The average Bonchev–Trinajstić information content (AvgIpc) is 2.56. The van der Waals surface area contributed by atoms with E-state index in [2.05, 4.69) is 0 Å². The molecule has 2 aromatic rings. The zero-order valence-electron chi connectivity index (χ0n) is 13.2. The molecule has 120 valence electrons. The summed E-state index contributed by atoms with van der Waals surface area (Å²) in [4.78, 5) is 24.4. The standard InChI is InChI=1S/C18H18O5/c1-11-5-4-6-15(16(11)19)18(21)23-12(2)17(20)13-7-9-14(22-3)10-8-13/h4-10,12,19H,1-3H3. The van der Waals surface area contributed by atoms with E-state index in [1.54, 1.807) is 43.3 Å². The number of aromatic hydroxyl groups is 1.